The first-order valence-electron chi connectivity index (χ1n) is 8.95. The van der Waals surface area contributed by atoms with Gasteiger partial charge < -0.3 is 10.1 Å². The van der Waals surface area contributed by atoms with Gasteiger partial charge in [0, 0.05) is 24.0 Å². The van der Waals surface area contributed by atoms with Crippen LogP contribution in [0.1, 0.15) is 6.42 Å². The summed E-state index contributed by atoms with van der Waals surface area (Å²) in [5.41, 5.74) is 1.15. The fourth-order valence-corrected chi connectivity index (χ4v) is 4.35. The Kier molecular flexibility index (Phi) is 4.68. The minimum Gasteiger partial charge on any atom is -0.478 e. The van der Waals surface area contributed by atoms with Gasteiger partial charge in [0.25, 0.3) is 5.91 Å². The van der Waals surface area contributed by atoms with Crippen LogP contribution in [0.4, 0.5) is 11.4 Å². The summed E-state index contributed by atoms with van der Waals surface area (Å²) in [7, 11) is -3.48. The Balaban J connectivity index is 1.62. The second-order valence-corrected chi connectivity index (χ2v) is 8.62. The van der Waals surface area contributed by atoms with E-state index in [0.29, 0.717) is 17.1 Å². The van der Waals surface area contributed by atoms with Gasteiger partial charge in [-0.1, -0.05) is 48.5 Å². The molecule has 0 radical (unpaired) electrons. The Morgan fingerprint density at radius 2 is 1.75 bits per heavy atom. The molecule has 1 aliphatic rings. The van der Waals surface area contributed by atoms with Crippen LogP contribution in [0.3, 0.4) is 0 Å². The van der Waals surface area contributed by atoms with Gasteiger partial charge in [0.2, 0.25) is 10.0 Å². The van der Waals surface area contributed by atoms with Gasteiger partial charge in [0.05, 0.1) is 11.9 Å². The third-order valence-electron chi connectivity index (χ3n) is 4.74. The fourth-order valence-electron chi connectivity index (χ4n) is 3.41. The van der Waals surface area contributed by atoms with E-state index in [1.807, 2.05) is 42.5 Å². The number of carbonyl (C=O) groups excluding carboxylic acids is 1. The summed E-state index contributed by atoms with van der Waals surface area (Å²) in [6.45, 7) is 0.170. The minimum atomic E-state index is -3.48. The van der Waals surface area contributed by atoms with Crippen molar-refractivity contribution in [3.05, 3.63) is 66.7 Å². The maximum Gasteiger partial charge on any atom is 0.265 e. The van der Waals surface area contributed by atoms with Crippen molar-refractivity contribution in [2.24, 2.45) is 0 Å². The smallest absolute Gasteiger partial charge is 0.265 e. The SMILES string of the molecule is CS(=O)(=O)N1CC[C@H](C(=O)Nc2cccc3ccccc23)Oc2ccccc21. The molecule has 1 atom stereocenters. The second-order valence-electron chi connectivity index (χ2n) is 6.71. The number of fused-ring (bicyclic) bond motifs is 2. The molecule has 0 saturated heterocycles. The number of ether oxygens (including phenoxy) is 1. The average molecular weight is 396 g/mol. The quantitative estimate of drug-likeness (QED) is 0.736. The lowest BCUT2D eigenvalue weighted by molar-refractivity contribution is -0.122. The van der Waals surface area contributed by atoms with E-state index in [1.54, 1.807) is 24.3 Å². The number of carbonyl (C=O) groups is 1. The van der Waals surface area contributed by atoms with Gasteiger partial charge in [-0.25, -0.2) is 8.42 Å². The van der Waals surface area contributed by atoms with Crippen molar-refractivity contribution in [1.29, 1.82) is 0 Å². The van der Waals surface area contributed by atoms with Crippen molar-refractivity contribution in [3.63, 3.8) is 0 Å². The highest BCUT2D eigenvalue weighted by atomic mass is 32.2. The van der Waals surface area contributed by atoms with Crippen LogP contribution in [-0.2, 0) is 14.8 Å². The molecular weight excluding hydrogens is 376 g/mol. The van der Waals surface area contributed by atoms with E-state index in [9.17, 15) is 13.2 Å². The molecule has 3 aromatic rings. The molecular formula is C21H20N2O4S. The Bertz CT molecular complexity index is 1140. The van der Waals surface area contributed by atoms with E-state index in [4.69, 9.17) is 4.74 Å². The molecule has 6 nitrogen and oxygen atoms in total. The molecule has 0 spiro atoms. The van der Waals surface area contributed by atoms with Crippen molar-refractivity contribution in [2.45, 2.75) is 12.5 Å². The number of nitrogens with one attached hydrogen (secondary N) is 1. The Labute approximate surface area is 163 Å². The van der Waals surface area contributed by atoms with E-state index in [2.05, 4.69) is 5.32 Å². The number of amides is 1. The van der Waals surface area contributed by atoms with E-state index in [0.717, 1.165) is 17.0 Å². The lowest BCUT2D eigenvalue weighted by atomic mass is 10.1. The van der Waals surface area contributed by atoms with Gasteiger partial charge in [0.1, 0.15) is 5.75 Å². The molecule has 3 aromatic carbocycles. The van der Waals surface area contributed by atoms with Gasteiger partial charge >= 0.3 is 0 Å². The molecule has 1 heterocycles. The van der Waals surface area contributed by atoms with E-state index in [-0.39, 0.29) is 18.9 Å². The third kappa shape index (κ3) is 3.53. The molecule has 1 N–H and O–H groups in total. The average Bonchev–Trinajstić information content (AvgIpc) is 2.88. The van der Waals surface area contributed by atoms with Gasteiger partial charge in [-0.05, 0) is 23.6 Å². The molecule has 4 rings (SSSR count). The Morgan fingerprint density at radius 3 is 2.57 bits per heavy atom. The van der Waals surface area contributed by atoms with E-state index >= 15 is 0 Å². The largest absolute Gasteiger partial charge is 0.478 e. The highest BCUT2D eigenvalue weighted by molar-refractivity contribution is 7.92. The second kappa shape index (κ2) is 7.16. The van der Waals surface area contributed by atoms with Crippen molar-refractivity contribution >= 4 is 38.1 Å². The molecule has 0 bridgehead atoms. The number of anilines is 2. The number of hydrogen-bond donors (Lipinski definition) is 1. The number of para-hydroxylation sites is 2. The van der Waals surface area contributed by atoms with Crippen molar-refractivity contribution in [1.82, 2.24) is 0 Å². The predicted octanol–water partition coefficient (Wildman–Crippen LogP) is 3.40. The van der Waals surface area contributed by atoms with Crippen LogP contribution in [0.15, 0.2) is 66.7 Å². The zero-order valence-corrected chi connectivity index (χ0v) is 16.1. The summed E-state index contributed by atoms with van der Waals surface area (Å²) in [5.74, 6) is 0.0741. The Morgan fingerprint density at radius 1 is 1.04 bits per heavy atom. The lowest BCUT2D eigenvalue weighted by Crippen LogP contribution is -2.36. The van der Waals surface area contributed by atoms with Crippen molar-refractivity contribution in [2.75, 3.05) is 22.4 Å². The summed E-state index contributed by atoms with van der Waals surface area (Å²) < 4.78 is 31.6. The summed E-state index contributed by atoms with van der Waals surface area (Å²) in [5, 5.41) is 4.89. The van der Waals surface area contributed by atoms with E-state index < -0.39 is 16.1 Å². The summed E-state index contributed by atoms with van der Waals surface area (Å²) in [4.78, 5) is 12.9. The lowest BCUT2D eigenvalue weighted by Gasteiger charge is -2.20. The van der Waals surface area contributed by atoms with Gasteiger partial charge in [-0.2, -0.15) is 0 Å². The molecule has 1 amide bonds. The van der Waals surface area contributed by atoms with E-state index in [1.165, 1.54) is 4.31 Å². The fraction of sp³-hybridized carbons (Fsp3) is 0.190. The zero-order chi connectivity index (χ0) is 19.7. The maximum atomic E-state index is 12.9. The number of nitrogens with zero attached hydrogens (tertiary/aromatic N) is 1. The first kappa shape index (κ1) is 18.3. The zero-order valence-electron chi connectivity index (χ0n) is 15.3. The molecule has 28 heavy (non-hydrogen) atoms. The highest BCUT2D eigenvalue weighted by Crippen LogP contribution is 2.34. The van der Waals surface area contributed by atoms with Gasteiger partial charge in [-0.3, -0.25) is 9.10 Å². The Hall–Kier alpha value is -3.06. The molecule has 0 saturated carbocycles. The standard InChI is InChI=1S/C21H20N2O4S/c1-28(25,26)23-14-13-20(27-19-12-5-4-11-18(19)23)21(24)22-17-10-6-8-15-7-2-3-9-16(15)17/h2-12,20H,13-14H2,1H3,(H,22,24)/t20-/m1/s1. The summed E-state index contributed by atoms with van der Waals surface area (Å²) in [6.07, 6.45) is 0.602. The minimum absolute atomic E-state index is 0.170. The molecule has 0 aliphatic carbocycles. The third-order valence-corrected chi connectivity index (χ3v) is 5.92. The number of benzene rings is 3. The topological polar surface area (TPSA) is 75.7 Å². The normalized spacial score (nSPS) is 16.8. The molecule has 7 heteroatoms. The van der Waals surface area contributed by atoms with Crippen molar-refractivity contribution in [3.8, 4) is 5.75 Å². The molecule has 144 valence electrons. The molecule has 0 aromatic heterocycles. The highest BCUT2D eigenvalue weighted by Gasteiger charge is 2.31. The van der Waals surface area contributed by atoms with Crippen LogP contribution in [0.2, 0.25) is 0 Å². The number of rotatable bonds is 3. The predicted molar refractivity (Wildman–Crippen MR) is 110 cm³/mol. The summed E-state index contributed by atoms with van der Waals surface area (Å²) >= 11 is 0. The van der Waals surface area contributed by atoms with Crippen LogP contribution in [-0.4, -0.2) is 33.2 Å². The van der Waals surface area contributed by atoms with Crippen molar-refractivity contribution < 1.29 is 17.9 Å². The molecule has 0 unspecified atom stereocenters. The maximum absolute atomic E-state index is 12.9. The van der Waals surface area contributed by atoms with Crippen LogP contribution in [0.5, 0.6) is 5.75 Å². The van der Waals surface area contributed by atoms with Crippen LogP contribution >= 0.6 is 0 Å². The van der Waals surface area contributed by atoms with Gasteiger partial charge in [0.15, 0.2) is 6.10 Å². The van der Waals surface area contributed by atoms with Crippen LogP contribution in [0.25, 0.3) is 10.8 Å². The number of sulfonamides is 1. The molecule has 1 aliphatic heterocycles. The van der Waals surface area contributed by atoms with Crippen LogP contribution in [0, 0.1) is 0 Å². The molecule has 0 fully saturated rings. The van der Waals surface area contributed by atoms with Gasteiger partial charge in [-0.15, -0.1) is 0 Å². The first-order chi connectivity index (χ1) is 13.4. The number of hydrogen-bond acceptors (Lipinski definition) is 4. The monoisotopic (exact) mass is 396 g/mol. The van der Waals surface area contributed by atoms with Crippen LogP contribution < -0.4 is 14.4 Å². The first-order valence-corrected chi connectivity index (χ1v) is 10.8. The summed E-state index contributed by atoms with van der Waals surface area (Å²) in [6, 6.07) is 20.3.